The molecule has 0 aliphatic carbocycles. The lowest BCUT2D eigenvalue weighted by Crippen LogP contribution is -2.24. The van der Waals surface area contributed by atoms with Crippen LogP contribution in [0.3, 0.4) is 0 Å². The fourth-order valence-corrected chi connectivity index (χ4v) is 2.87. The second-order valence-corrected chi connectivity index (χ2v) is 6.64. The van der Waals surface area contributed by atoms with Crippen molar-refractivity contribution in [3.63, 3.8) is 0 Å². The Bertz CT molecular complexity index is 887. The number of nitrogens with zero attached hydrogens (tertiary/aromatic N) is 3. The maximum absolute atomic E-state index is 12.0. The number of para-hydroxylation sites is 2. The largest absolute Gasteiger partial charge is 0.375 e. The molecule has 5 heteroatoms. The molecule has 5 nitrogen and oxygen atoms in total. The van der Waals surface area contributed by atoms with Gasteiger partial charge in [0.05, 0.1) is 11.9 Å². The molecule has 0 fully saturated rings. The fraction of sp³-hybridized carbons (Fsp3) is 0.217. The second-order valence-electron chi connectivity index (χ2n) is 6.64. The topological polar surface area (TPSA) is 50.2 Å². The lowest BCUT2D eigenvalue weighted by Gasteiger charge is -2.18. The summed E-state index contributed by atoms with van der Waals surface area (Å²) in [6.45, 7) is 1.64. The molecule has 28 heavy (non-hydrogen) atoms. The van der Waals surface area contributed by atoms with Crippen LogP contribution in [-0.4, -0.2) is 35.8 Å². The van der Waals surface area contributed by atoms with Gasteiger partial charge in [-0.05, 0) is 43.2 Å². The molecular weight excluding hydrogens is 348 g/mol. The quantitative estimate of drug-likeness (QED) is 0.456. The standard InChI is InChI=1S/C23H26N4O/c1-26(21-10-4-2-5-11-21)17-9-8-16-24-23(28)15-14-20-18-25-27(19-20)22-12-6-3-7-13-22/h2-7,10-15,18-19H,8-9,16-17H2,1H3,(H,24,28)/b15-14+. The minimum Gasteiger partial charge on any atom is -0.375 e. The Morgan fingerprint density at radius 3 is 2.54 bits per heavy atom. The lowest BCUT2D eigenvalue weighted by molar-refractivity contribution is -0.116. The minimum atomic E-state index is -0.0797. The SMILES string of the molecule is CN(CCCCNC(=O)/C=C/c1cnn(-c2ccccc2)c1)c1ccccc1. The highest BCUT2D eigenvalue weighted by atomic mass is 16.1. The fourth-order valence-electron chi connectivity index (χ4n) is 2.87. The smallest absolute Gasteiger partial charge is 0.244 e. The molecule has 0 spiro atoms. The number of carbonyl (C=O) groups excluding carboxylic acids is 1. The summed E-state index contributed by atoms with van der Waals surface area (Å²) in [6.07, 6.45) is 8.96. The molecule has 0 unspecified atom stereocenters. The molecular formula is C23H26N4O. The Kier molecular flexibility index (Phi) is 7.01. The van der Waals surface area contributed by atoms with Crippen LogP contribution in [0.1, 0.15) is 18.4 Å². The van der Waals surface area contributed by atoms with Crippen molar-refractivity contribution in [2.24, 2.45) is 0 Å². The molecule has 0 bridgehead atoms. The molecule has 1 amide bonds. The first-order valence-corrected chi connectivity index (χ1v) is 9.54. The summed E-state index contributed by atoms with van der Waals surface area (Å²) in [5, 5.41) is 7.25. The highest BCUT2D eigenvalue weighted by molar-refractivity contribution is 5.91. The zero-order valence-electron chi connectivity index (χ0n) is 16.2. The molecule has 3 aromatic rings. The van der Waals surface area contributed by atoms with E-state index >= 15 is 0 Å². The van der Waals surface area contributed by atoms with Gasteiger partial charge in [0.2, 0.25) is 5.91 Å². The Morgan fingerprint density at radius 1 is 1.07 bits per heavy atom. The van der Waals surface area contributed by atoms with Gasteiger partial charge in [-0.15, -0.1) is 0 Å². The van der Waals surface area contributed by atoms with Crippen molar-refractivity contribution in [1.29, 1.82) is 0 Å². The third kappa shape index (κ3) is 5.84. The number of nitrogens with one attached hydrogen (secondary N) is 1. The van der Waals surface area contributed by atoms with Gasteiger partial charge in [-0.1, -0.05) is 36.4 Å². The van der Waals surface area contributed by atoms with E-state index in [9.17, 15) is 4.79 Å². The van der Waals surface area contributed by atoms with Gasteiger partial charge in [0.1, 0.15) is 0 Å². The van der Waals surface area contributed by atoms with Crippen LogP contribution in [0.5, 0.6) is 0 Å². The average molecular weight is 374 g/mol. The van der Waals surface area contributed by atoms with Crippen LogP contribution in [0, 0.1) is 0 Å². The van der Waals surface area contributed by atoms with Gasteiger partial charge in [0.15, 0.2) is 0 Å². The van der Waals surface area contributed by atoms with Crippen LogP contribution in [0.15, 0.2) is 79.1 Å². The van der Waals surface area contributed by atoms with Crippen LogP contribution < -0.4 is 10.2 Å². The molecule has 1 aromatic heterocycles. The zero-order valence-corrected chi connectivity index (χ0v) is 16.2. The van der Waals surface area contributed by atoms with Gasteiger partial charge in [-0.3, -0.25) is 4.79 Å². The molecule has 0 aliphatic rings. The van der Waals surface area contributed by atoms with Crippen molar-refractivity contribution in [2.45, 2.75) is 12.8 Å². The van der Waals surface area contributed by atoms with Crippen LogP contribution in [-0.2, 0) is 4.79 Å². The van der Waals surface area contributed by atoms with Crippen molar-refractivity contribution in [3.05, 3.63) is 84.7 Å². The van der Waals surface area contributed by atoms with Gasteiger partial charge in [-0.25, -0.2) is 4.68 Å². The van der Waals surface area contributed by atoms with Gasteiger partial charge in [-0.2, -0.15) is 5.10 Å². The van der Waals surface area contributed by atoms with Gasteiger partial charge >= 0.3 is 0 Å². The number of carbonyl (C=O) groups is 1. The van der Waals surface area contributed by atoms with E-state index in [2.05, 4.69) is 34.5 Å². The van der Waals surface area contributed by atoms with Gasteiger partial charge < -0.3 is 10.2 Å². The Balaban J connectivity index is 1.36. The number of hydrogen-bond acceptors (Lipinski definition) is 3. The summed E-state index contributed by atoms with van der Waals surface area (Å²) in [5.74, 6) is -0.0797. The van der Waals surface area contributed by atoms with E-state index in [4.69, 9.17) is 0 Å². The third-order valence-corrected chi connectivity index (χ3v) is 4.47. The van der Waals surface area contributed by atoms with E-state index < -0.39 is 0 Å². The van der Waals surface area contributed by atoms with Crippen molar-refractivity contribution < 1.29 is 4.79 Å². The minimum absolute atomic E-state index is 0.0797. The maximum atomic E-state index is 12.0. The van der Waals surface area contributed by atoms with Gasteiger partial charge in [0.25, 0.3) is 0 Å². The molecule has 0 atom stereocenters. The first kappa shape index (κ1) is 19.4. The van der Waals surface area contributed by atoms with E-state index in [0.29, 0.717) is 6.54 Å². The maximum Gasteiger partial charge on any atom is 0.244 e. The Labute approximate surface area is 166 Å². The molecule has 0 radical (unpaired) electrons. The van der Waals surface area contributed by atoms with E-state index in [1.54, 1.807) is 23.0 Å². The molecule has 0 aliphatic heterocycles. The lowest BCUT2D eigenvalue weighted by atomic mass is 10.2. The second kappa shape index (κ2) is 10.1. The predicted molar refractivity (Wildman–Crippen MR) is 115 cm³/mol. The van der Waals surface area contributed by atoms with Gasteiger partial charge in [0, 0.05) is 43.7 Å². The highest BCUT2D eigenvalue weighted by Crippen LogP contribution is 2.11. The summed E-state index contributed by atoms with van der Waals surface area (Å²) in [7, 11) is 2.09. The van der Waals surface area contributed by atoms with Crippen LogP contribution in [0.25, 0.3) is 11.8 Å². The number of rotatable bonds is 9. The van der Waals surface area contributed by atoms with Crippen LogP contribution in [0.4, 0.5) is 5.69 Å². The summed E-state index contributed by atoms with van der Waals surface area (Å²) in [6, 6.07) is 20.2. The highest BCUT2D eigenvalue weighted by Gasteiger charge is 2.01. The first-order chi connectivity index (χ1) is 13.7. The molecule has 3 rings (SSSR count). The van der Waals surface area contributed by atoms with Crippen molar-refractivity contribution in [2.75, 3.05) is 25.0 Å². The predicted octanol–water partition coefficient (Wildman–Crippen LogP) is 3.92. The summed E-state index contributed by atoms with van der Waals surface area (Å²) >= 11 is 0. The first-order valence-electron chi connectivity index (χ1n) is 9.54. The summed E-state index contributed by atoms with van der Waals surface area (Å²) in [4.78, 5) is 14.2. The van der Waals surface area contributed by atoms with E-state index in [-0.39, 0.29) is 5.91 Å². The number of benzene rings is 2. The molecule has 1 N–H and O–H groups in total. The van der Waals surface area contributed by atoms with Crippen molar-refractivity contribution >= 4 is 17.7 Å². The van der Waals surface area contributed by atoms with E-state index in [0.717, 1.165) is 30.6 Å². The Hall–Kier alpha value is -3.34. The normalized spacial score (nSPS) is 10.9. The molecule has 2 aromatic carbocycles. The summed E-state index contributed by atoms with van der Waals surface area (Å²) in [5.41, 5.74) is 3.10. The number of amides is 1. The molecule has 144 valence electrons. The third-order valence-electron chi connectivity index (χ3n) is 4.47. The van der Waals surface area contributed by atoms with Crippen LogP contribution >= 0.6 is 0 Å². The van der Waals surface area contributed by atoms with Crippen molar-refractivity contribution in [3.8, 4) is 5.69 Å². The zero-order chi connectivity index (χ0) is 19.6. The van der Waals surface area contributed by atoms with Crippen LogP contribution in [0.2, 0.25) is 0 Å². The number of aromatic nitrogens is 2. The summed E-state index contributed by atoms with van der Waals surface area (Å²) < 4.78 is 1.79. The Morgan fingerprint density at radius 2 is 1.79 bits per heavy atom. The average Bonchev–Trinajstić information content (AvgIpc) is 3.22. The van der Waals surface area contributed by atoms with Crippen molar-refractivity contribution in [1.82, 2.24) is 15.1 Å². The number of unbranched alkanes of at least 4 members (excludes halogenated alkanes) is 1. The molecule has 1 heterocycles. The molecule has 0 saturated heterocycles. The monoisotopic (exact) mass is 374 g/mol. The number of anilines is 1. The molecule has 0 saturated carbocycles. The number of hydrogen-bond donors (Lipinski definition) is 1. The van der Waals surface area contributed by atoms with E-state index in [1.165, 1.54) is 5.69 Å². The van der Waals surface area contributed by atoms with E-state index in [1.807, 2.05) is 54.7 Å².